The summed E-state index contributed by atoms with van der Waals surface area (Å²) in [5, 5.41) is 0. The highest BCUT2D eigenvalue weighted by atomic mass is 15.2. The average Bonchev–Trinajstić information content (AvgIpc) is 3.20. The summed E-state index contributed by atoms with van der Waals surface area (Å²) in [7, 11) is 0. The van der Waals surface area contributed by atoms with Crippen molar-refractivity contribution < 1.29 is 0 Å². The Labute approximate surface area is 117 Å². The monoisotopic (exact) mass is 258 g/mol. The van der Waals surface area contributed by atoms with Gasteiger partial charge in [0.05, 0.1) is 0 Å². The number of nitrogens with zero attached hydrogens (tertiary/aromatic N) is 1. The van der Waals surface area contributed by atoms with E-state index < -0.39 is 0 Å². The van der Waals surface area contributed by atoms with Gasteiger partial charge in [0.2, 0.25) is 0 Å². The van der Waals surface area contributed by atoms with Crippen molar-refractivity contribution in [2.24, 2.45) is 11.7 Å². The fourth-order valence-electron chi connectivity index (χ4n) is 3.03. The Kier molecular flexibility index (Phi) is 3.64. The maximum atomic E-state index is 6.45. The van der Waals surface area contributed by atoms with Crippen LogP contribution in [0.1, 0.15) is 48.4 Å². The molecule has 0 aromatic heterocycles. The van der Waals surface area contributed by atoms with Gasteiger partial charge < -0.3 is 5.73 Å². The topological polar surface area (TPSA) is 29.3 Å². The maximum Gasteiger partial charge on any atom is 0.0424 e. The molecule has 0 aliphatic heterocycles. The van der Waals surface area contributed by atoms with Gasteiger partial charge in [-0.2, -0.15) is 0 Å². The predicted octanol–water partition coefficient (Wildman–Crippen LogP) is 3.18. The summed E-state index contributed by atoms with van der Waals surface area (Å²) in [5.41, 5.74) is 10.4. The normalized spacial score (nSPS) is 20.8. The molecule has 2 N–H and O–H groups in total. The number of rotatable bonds is 6. The molecule has 1 unspecified atom stereocenters. The standard InChI is InChI=1S/C17H26N2/c1-12-7-13(2)9-15(8-12)17(18)11-19(16-5-6-16)10-14-3-4-14/h7-9,14,16-17H,3-6,10-11,18H2,1-2H3. The summed E-state index contributed by atoms with van der Waals surface area (Å²) < 4.78 is 0. The molecule has 3 rings (SSSR count). The molecule has 0 saturated heterocycles. The smallest absolute Gasteiger partial charge is 0.0424 e. The summed E-state index contributed by atoms with van der Waals surface area (Å²) in [6.45, 7) is 6.63. The molecule has 2 saturated carbocycles. The summed E-state index contributed by atoms with van der Waals surface area (Å²) in [6.07, 6.45) is 5.63. The van der Waals surface area contributed by atoms with E-state index in [1.165, 1.54) is 48.9 Å². The molecule has 2 fully saturated rings. The molecular formula is C17H26N2. The van der Waals surface area contributed by atoms with E-state index in [1.807, 2.05) is 0 Å². The molecule has 0 radical (unpaired) electrons. The first kappa shape index (κ1) is 13.1. The van der Waals surface area contributed by atoms with E-state index in [9.17, 15) is 0 Å². The number of aryl methyl sites for hydroxylation is 2. The first-order chi connectivity index (χ1) is 9.11. The van der Waals surface area contributed by atoms with Crippen molar-refractivity contribution in [2.45, 2.75) is 51.6 Å². The van der Waals surface area contributed by atoms with Crippen molar-refractivity contribution >= 4 is 0 Å². The highest BCUT2D eigenvalue weighted by molar-refractivity contribution is 5.30. The fraction of sp³-hybridized carbons (Fsp3) is 0.647. The van der Waals surface area contributed by atoms with Gasteiger partial charge in [-0.1, -0.05) is 29.3 Å². The third kappa shape index (κ3) is 3.58. The Bertz CT molecular complexity index is 426. The van der Waals surface area contributed by atoms with Crippen molar-refractivity contribution in [1.29, 1.82) is 0 Å². The van der Waals surface area contributed by atoms with Gasteiger partial charge in [0.1, 0.15) is 0 Å². The zero-order chi connectivity index (χ0) is 13.4. The number of hydrogen-bond acceptors (Lipinski definition) is 2. The lowest BCUT2D eigenvalue weighted by Crippen LogP contribution is -2.35. The lowest BCUT2D eigenvalue weighted by atomic mass is 10.0. The molecule has 2 heteroatoms. The van der Waals surface area contributed by atoms with Crippen LogP contribution in [-0.4, -0.2) is 24.0 Å². The molecule has 2 nitrogen and oxygen atoms in total. The molecule has 2 aliphatic carbocycles. The number of nitrogens with two attached hydrogens (primary N) is 1. The van der Waals surface area contributed by atoms with Gasteiger partial charge in [-0.15, -0.1) is 0 Å². The Morgan fingerprint density at radius 3 is 2.26 bits per heavy atom. The molecule has 2 aliphatic rings. The van der Waals surface area contributed by atoms with Crippen LogP contribution in [0, 0.1) is 19.8 Å². The van der Waals surface area contributed by atoms with Crippen molar-refractivity contribution in [3.8, 4) is 0 Å². The molecule has 0 heterocycles. The van der Waals surface area contributed by atoms with Crippen LogP contribution in [0.15, 0.2) is 18.2 Å². The van der Waals surface area contributed by atoms with E-state index in [-0.39, 0.29) is 6.04 Å². The molecule has 0 bridgehead atoms. The Hall–Kier alpha value is -0.860. The molecule has 104 valence electrons. The van der Waals surface area contributed by atoms with Gasteiger partial charge in [0.15, 0.2) is 0 Å². The van der Waals surface area contributed by atoms with E-state index in [0.717, 1.165) is 18.5 Å². The highest BCUT2D eigenvalue weighted by Gasteiger charge is 2.34. The third-order valence-electron chi connectivity index (χ3n) is 4.36. The van der Waals surface area contributed by atoms with Gasteiger partial charge >= 0.3 is 0 Å². The Balaban J connectivity index is 1.65. The van der Waals surface area contributed by atoms with Crippen molar-refractivity contribution in [3.05, 3.63) is 34.9 Å². The van der Waals surface area contributed by atoms with Gasteiger partial charge in [-0.3, -0.25) is 4.90 Å². The summed E-state index contributed by atoms with van der Waals surface area (Å²) in [5.74, 6) is 0.965. The van der Waals surface area contributed by atoms with Gasteiger partial charge in [0, 0.05) is 25.2 Å². The van der Waals surface area contributed by atoms with Crippen molar-refractivity contribution in [1.82, 2.24) is 4.90 Å². The Morgan fingerprint density at radius 2 is 1.74 bits per heavy atom. The maximum absolute atomic E-state index is 6.45. The molecule has 1 aromatic rings. The van der Waals surface area contributed by atoms with Crippen LogP contribution in [0.2, 0.25) is 0 Å². The molecule has 0 amide bonds. The minimum absolute atomic E-state index is 0.165. The molecule has 19 heavy (non-hydrogen) atoms. The van der Waals surface area contributed by atoms with Crippen LogP contribution in [0.25, 0.3) is 0 Å². The van der Waals surface area contributed by atoms with Gasteiger partial charge in [-0.25, -0.2) is 0 Å². The van der Waals surface area contributed by atoms with Crippen LogP contribution in [0.4, 0.5) is 0 Å². The second kappa shape index (κ2) is 5.26. The lowest BCUT2D eigenvalue weighted by Gasteiger charge is -2.26. The van der Waals surface area contributed by atoms with Crippen molar-refractivity contribution in [3.63, 3.8) is 0 Å². The van der Waals surface area contributed by atoms with E-state index >= 15 is 0 Å². The summed E-state index contributed by atoms with van der Waals surface area (Å²) in [6, 6.07) is 7.72. The third-order valence-corrected chi connectivity index (χ3v) is 4.36. The largest absolute Gasteiger partial charge is 0.323 e. The van der Waals surface area contributed by atoms with E-state index in [4.69, 9.17) is 5.73 Å². The molecule has 1 aromatic carbocycles. The second-order valence-corrected chi connectivity index (χ2v) is 6.66. The first-order valence-electron chi connectivity index (χ1n) is 7.69. The molecular weight excluding hydrogens is 232 g/mol. The van der Waals surface area contributed by atoms with Crippen LogP contribution in [0.3, 0.4) is 0 Å². The average molecular weight is 258 g/mol. The van der Waals surface area contributed by atoms with Crippen LogP contribution in [-0.2, 0) is 0 Å². The van der Waals surface area contributed by atoms with Crippen molar-refractivity contribution in [2.75, 3.05) is 13.1 Å². The fourth-order valence-corrected chi connectivity index (χ4v) is 3.03. The van der Waals surface area contributed by atoms with Crippen LogP contribution in [0.5, 0.6) is 0 Å². The lowest BCUT2D eigenvalue weighted by molar-refractivity contribution is 0.237. The van der Waals surface area contributed by atoms with E-state index in [2.05, 4.69) is 36.9 Å². The van der Waals surface area contributed by atoms with Crippen LogP contribution < -0.4 is 5.73 Å². The second-order valence-electron chi connectivity index (χ2n) is 6.66. The summed E-state index contributed by atoms with van der Waals surface area (Å²) in [4.78, 5) is 2.65. The van der Waals surface area contributed by atoms with E-state index in [1.54, 1.807) is 0 Å². The highest BCUT2D eigenvalue weighted by Crippen LogP contribution is 2.35. The summed E-state index contributed by atoms with van der Waals surface area (Å²) >= 11 is 0. The van der Waals surface area contributed by atoms with E-state index in [0.29, 0.717) is 0 Å². The SMILES string of the molecule is Cc1cc(C)cc(C(N)CN(CC2CC2)C2CC2)c1. The number of benzene rings is 1. The quantitative estimate of drug-likeness (QED) is 0.849. The zero-order valence-corrected chi connectivity index (χ0v) is 12.2. The first-order valence-corrected chi connectivity index (χ1v) is 7.69. The molecule has 0 spiro atoms. The zero-order valence-electron chi connectivity index (χ0n) is 12.2. The predicted molar refractivity (Wildman–Crippen MR) is 80.2 cm³/mol. The molecule has 1 atom stereocenters. The number of hydrogen-bond donors (Lipinski definition) is 1. The van der Waals surface area contributed by atoms with Gasteiger partial charge in [0.25, 0.3) is 0 Å². The van der Waals surface area contributed by atoms with Gasteiger partial charge in [-0.05, 0) is 51.0 Å². The minimum atomic E-state index is 0.165. The van der Waals surface area contributed by atoms with Crippen LogP contribution >= 0.6 is 0 Å². The minimum Gasteiger partial charge on any atom is -0.323 e. The Morgan fingerprint density at radius 1 is 1.11 bits per heavy atom.